The molecule has 2 nitrogen and oxygen atoms in total. The van der Waals surface area contributed by atoms with Crippen molar-refractivity contribution in [2.24, 2.45) is 0 Å². The summed E-state index contributed by atoms with van der Waals surface area (Å²) in [5.74, 6) is -0.741. The van der Waals surface area contributed by atoms with Crippen molar-refractivity contribution in [3.05, 3.63) is 72.9 Å². The Morgan fingerprint density at radius 3 is 1.29 bits per heavy atom. The molecule has 24 heavy (non-hydrogen) atoms. The molecule has 0 saturated heterocycles. The Bertz CT molecular complexity index is 462. The summed E-state index contributed by atoms with van der Waals surface area (Å²) >= 11 is 0. The lowest BCUT2D eigenvalue weighted by atomic mass is 10.2. The summed E-state index contributed by atoms with van der Waals surface area (Å²) < 4.78 is 0. The van der Waals surface area contributed by atoms with E-state index in [4.69, 9.17) is 5.11 Å². The Morgan fingerprint density at radius 2 is 0.958 bits per heavy atom. The first kappa shape index (κ1) is 21.9. The standard InChI is InChI=1S/C22H32O2/c1-2-3-4-5-6-7-8-9-10-11-12-13-14-15-16-17-18-19-20-21-22(23)24/h3-4,6-7,9-10,12-13,15-16,18-19H,2,5,8,11,14,17,20-21H2,1H3,(H,23,24)/b4-3+,7-6+,10-9+,13-12+,16-15+,19-18-. The molecule has 0 atom stereocenters. The normalized spacial score (nSPS) is 13.0. The maximum atomic E-state index is 10.3. The molecule has 0 aromatic carbocycles. The number of hydrogen-bond donors (Lipinski definition) is 1. The second-order valence-corrected chi connectivity index (χ2v) is 5.35. The zero-order valence-electron chi connectivity index (χ0n) is 14.9. The van der Waals surface area contributed by atoms with Gasteiger partial charge in [0, 0.05) is 6.42 Å². The lowest BCUT2D eigenvalue weighted by Crippen LogP contribution is -1.91. The largest absolute Gasteiger partial charge is 0.481 e. The van der Waals surface area contributed by atoms with E-state index in [9.17, 15) is 4.79 Å². The van der Waals surface area contributed by atoms with E-state index >= 15 is 0 Å². The molecule has 0 aromatic rings. The van der Waals surface area contributed by atoms with Crippen molar-refractivity contribution < 1.29 is 9.90 Å². The highest BCUT2D eigenvalue weighted by molar-refractivity contribution is 5.66. The molecule has 0 radical (unpaired) electrons. The second kappa shape index (κ2) is 19.0. The molecule has 0 fully saturated rings. The summed E-state index contributed by atoms with van der Waals surface area (Å²) in [7, 11) is 0. The van der Waals surface area contributed by atoms with Crippen molar-refractivity contribution in [1.29, 1.82) is 0 Å². The quantitative estimate of drug-likeness (QED) is 0.367. The minimum Gasteiger partial charge on any atom is -0.481 e. The summed E-state index contributed by atoms with van der Waals surface area (Å²) in [5.41, 5.74) is 0. The van der Waals surface area contributed by atoms with Crippen LogP contribution in [0.5, 0.6) is 0 Å². The van der Waals surface area contributed by atoms with Crippen LogP contribution in [-0.2, 0) is 4.79 Å². The first-order valence-corrected chi connectivity index (χ1v) is 8.89. The van der Waals surface area contributed by atoms with Gasteiger partial charge in [-0.3, -0.25) is 4.79 Å². The van der Waals surface area contributed by atoms with Crippen LogP contribution in [-0.4, -0.2) is 11.1 Å². The lowest BCUT2D eigenvalue weighted by molar-refractivity contribution is -0.136. The molecule has 0 spiro atoms. The Labute approximate surface area is 147 Å². The fraction of sp³-hybridized carbons (Fsp3) is 0.409. The fourth-order valence-electron chi connectivity index (χ4n) is 1.85. The van der Waals surface area contributed by atoms with Crippen LogP contribution in [0.4, 0.5) is 0 Å². The molecule has 0 bridgehead atoms. The van der Waals surface area contributed by atoms with E-state index in [1.807, 2.05) is 12.2 Å². The highest BCUT2D eigenvalue weighted by Crippen LogP contribution is 1.97. The van der Waals surface area contributed by atoms with E-state index < -0.39 is 5.97 Å². The van der Waals surface area contributed by atoms with E-state index in [2.05, 4.69) is 67.7 Å². The van der Waals surface area contributed by atoms with Crippen molar-refractivity contribution in [2.45, 2.75) is 58.3 Å². The predicted molar refractivity (Wildman–Crippen MR) is 105 cm³/mol. The van der Waals surface area contributed by atoms with Crippen LogP contribution in [0, 0.1) is 0 Å². The third kappa shape index (κ3) is 19.9. The van der Waals surface area contributed by atoms with Crippen LogP contribution in [0.1, 0.15) is 58.3 Å². The van der Waals surface area contributed by atoms with Crippen molar-refractivity contribution in [3.8, 4) is 0 Å². The van der Waals surface area contributed by atoms with Crippen LogP contribution < -0.4 is 0 Å². The number of carbonyl (C=O) groups is 1. The topological polar surface area (TPSA) is 37.3 Å². The van der Waals surface area contributed by atoms with Gasteiger partial charge in [-0.05, 0) is 44.9 Å². The van der Waals surface area contributed by atoms with E-state index in [1.54, 1.807) is 0 Å². The van der Waals surface area contributed by atoms with E-state index in [0.29, 0.717) is 6.42 Å². The zero-order chi connectivity index (χ0) is 17.7. The maximum absolute atomic E-state index is 10.3. The molecular formula is C22H32O2. The predicted octanol–water partition coefficient (Wildman–Crippen LogP) is 6.55. The average molecular weight is 328 g/mol. The molecular weight excluding hydrogens is 296 g/mol. The summed E-state index contributed by atoms with van der Waals surface area (Å²) in [6, 6.07) is 0. The molecule has 132 valence electrons. The Morgan fingerprint density at radius 1 is 0.625 bits per heavy atom. The number of carboxylic acid groups (broad SMARTS) is 1. The van der Waals surface area contributed by atoms with Gasteiger partial charge in [0.15, 0.2) is 0 Å². The average Bonchev–Trinajstić information content (AvgIpc) is 2.56. The van der Waals surface area contributed by atoms with Crippen molar-refractivity contribution in [3.63, 3.8) is 0 Å². The number of allylic oxidation sites excluding steroid dienone is 12. The SMILES string of the molecule is CC/C=C/C/C=C/C/C=C/C/C=C/C/C=C/C/C=C\CCC(=O)O. The number of carboxylic acids is 1. The Kier molecular flexibility index (Phi) is 17.3. The Balaban J connectivity index is 3.51. The van der Waals surface area contributed by atoms with Crippen molar-refractivity contribution in [1.82, 2.24) is 0 Å². The lowest BCUT2D eigenvalue weighted by Gasteiger charge is -1.87. The van der Waals surface area contributed by atoms with Gasteiger partial charge in [0.05, 0.1) is 0 Å². The molecule has 1 N–H and O–H groups in total. The number of hydrogen-bond acceptors (Lipinski definition) is 1. The van der Waals surface area contributed by atoms with Crippen LogP contribution >= 0.6 is 0 Å². The van der Waals surface area contributed by atoms with Gasteiger partial charge in [-0.15, -0.1) is 0 Å². The second-order valence-electron chi connectivity index (χ2n) is 5.35. The van der Waals surface area contributed by atoms with Gasteiger partial charge >= 0.3 is 5.97 Å². The summed E-state index contributed by atoms with van der Waals surface area (Å²) in [6.07, 6.45) is 32.5. The molecule has 0 aromatic heterocycles. The van der Waals surface area contributed by atoms with E-state index in [0.717, 1.165) is 38.5 Å². The van der Waals surface area contributed by atoms with Gasteiger partial charge in [-0.1, -0.05) is 79.8 Å². The first-order valence-electron chi connectivity index (χ1n) is 8.89. The molecule has 0 aliphatic carbocycles. The number of rotatable bonds is 14. The molecule has 0 aliphatic heterocycles. The Hall–Kier alpha value is -2.09. The monoisotopic (exact) mass is 328 g/mol. The summed E-state index contributed by atoms with van der Waals surface area (Å²) in [4.78, 5) is 10.3. The molecule has 0 aliphatic rings. The van der Waals surface area contributed by atoms with Crippen molar-refractivity contribution >= 4 is 5.97 Å². The summed E-state index contributed by atoms with van der Waals surface area (Å²) in [5, 5.41) is 8.49. The van der Waals surface area contributed by atoms with Crippen LogP contribution in [0.15, 0.2) is 72.9 Å². The van der Waals surface area contributed by atoms with Gasteiger partial charge in [0.1, 0.15) is 0 Å². The fourth-order valence-corrected chi connectivity index (χ4v) is 1.85. The third-order valence-electron chi connectivity index (χ3n) is 3.12. The molecule has 0 amide bonds. The van der Waals surface area contributed by atoms with Gasteiger partial charge in [0.2, 0.25) is 0 Å². The molecule has 2 heteroatoms. The van der Waals surface area contributed by atoms with Gasteiger partial charge in [-0.2, -0.15) is 0 Å². The number of aliphatic carboxylic acids is 1. The zero-order valence-corrected chi connectivity index (χ0v) is 14.9. The van der Waals surface area contributed by atoms with Crippen LogP contribution in [0.3, 0.4) is 0 Å². The molecule has 0 rings (SSSR count). The van der Waals surface area contributed by atoms with Gasteiger partial charge in [-0.25, -0.2) is 0 Å². The van der Waals surface area contributed by atoms with Gasteiger partial charge < -0.3 is 5.11 Å². The smallest absolute Gasteiger partial charge is 0.303 e. The van der Waals surface area contributed by atoms with E-state index in [-0.39, 0.29) is 6.42 Å². The van der Waals surface area contributed by atoms with Crippen LogP contribution in [0.25, 0.3) is 0 Å². The molecule has 0 unspecified atom stereocenters. The maximum Gasteiger partial charge on any atom is 0.303 e. The highest BCUT2D eigenvalue weighted by Gasteiger charge is 1.90. The molecule has 0 heterocycles. The van der Waals surface area contributed by atoms with Crippen LogP contribution in [0.2, 0.25) is 0 Å². The molecule has 0 saturated carbocycles. The summed E-state index contributed by atoms with van der Waals surface area (Å²) in [6.45, 7) is 2.15. The van der Waals surface area contributed by atoms with Gasteiger partial charge in [0.25, 0.3) is 0 Å². The minimum atomic E-state index is -0.741. The third-order valence-corrected chi connectivity index (χ3v) is 3.12. The highest BCUT2D eigenvalue weighted by atomic mass is 16.4. The first-order chi connectivity index (χ1) is 11.8. The minimum absolute atomic E-state index is 0.210. The van der Waals surface area contributed by atoms with E-state index in [1.165, 1.54) is 0 Å². The van der Waals surface area contributed by atoms with Crippen molar-refractivity contribution in [2.75, 3.05) is 0 Å².